The Morgan fingerprint density at radius 3 is 3.00 bits per heavy atom. The van der Waals surface area contributed by atoms with Crippen molar-refractivity contribution < 1.29 is 14.6 Å². The molecule has 0 spiro atoms. The lowest BCUT2D eigenvalue weighted by Crippen LogP contribution is -2.43. The van der Waals surface area contributed by atoms with Gasteiger partial charge in [0.1, 0.15) is 5.60 Å². The number of rotatable bonds is 0. The molecule has 1 aromatic heterocycles. The van der Waals surface area contributed by atoms with Crippen molar-refractivity contribution in [3.05, 3.63) is 11.9 Å². The van der Waals surface area contributed by atoms with E-state index in [1.54, 1.807) is 27.0 Å². The van der Waals surface area contributed by atoms with E-state index in [0.717, 1.165) is 5.69 Å². The van der Waals surface area contributed by atoms with Crippen LogP contribution in [-0.4, -0.2) is 44.7 Å². The van der Waals surface area contributed by atoms with Crippen molar-refractivity contribution in [3.63, 3.8) is 0 Å². The molecule has 0 radical (unpaired) electrons. The predicted molar refractivity (Wildman–Crippen MR) is 64.9 cm³/mol. The molecule has 0 aromatic carbocycles. The molecule has 18 heavy (non-hydrogen) atoms. The number of carbonyl (C=O) groups is 1. The highest BCUT2D eigenvalue weighted by molar-refractivity contribution is 5.71. The standard InChI is InChI=1S/C11H18N4O3/c1-11(2,3)18-10(17)15-6-7(16)4-8-9(14-15)5-12-13-8/h5,7,14,16H,4,6H2,1-3H3,(H,12,13). The first-order valence-electron chi connectivity index (χ1n) is 5.82. The van der Waals surface area contributed by atoms with Gasteiger partial charge >= 0.3 is 6.09 Å². The van der Waals surface area contributed by atoms with Gasteiger partial charge in [-0.1, -0.05) is 0 Å². The average molecular weight is 254 g/mol. The summed E-state index contributed by atoms with van der Waals surface area (Å²) in [5.74, 6) is 0. The van der Waals surface area contributed by atoms with E-state index in [1.807, 2.05) is 0 Å². The fourth-order valence-electron chi connectivity index (χ4n) is 1.70. The summed E-state index contributed by atoms with van der Waals surface area (Å²) in [6.45, 7) is 5.55. The van der Waals surface area contributed by atoms with E-state index in [-0.39, 0.29) is 6.54 Å². The second-order valence-electron chi connectivity index (χ2n) is 5.32. The fraction of sp³-hybridized carbons (Fsp3) is 0.636. The molecule has 1 atom stereocenters. The number of nitrogens with one attached hydrogen (secondary N) is 2. The number of fused-ring (bicyclic) bond motifs is 1. The number of aliphatic hydroxyl groups excluding tert-OH is 1. The molecule has 1 aromatic rings. The maximum absolute atomic E-state index is 11.9. The zero-order valence-corrected chi connectivity index (χ0v) is 10.7. The number of β-amino-alcohol motifs (C(OH)–C–C–N with tert-alkyl or cyclic N) is 1. The van der Waals surface area contributed by atoms with Crippen LogP contribution in [0.5, 0.6) is 0 Å². The summed E-state index contributed by atoms with van der Waals surface area (Å²) in [5.41, 5.74) is 3.77. The van der Waals surface area contributed by atoms with Gasteiger partial charge < -0.3 is 9.84 Å². The van der Waals surface area contributed by atoms with Crippen LogP contribution in [0.25, 0.3) is 0 Å². The van der Waals surface area contributed by atoms with Crippen LogP contribution in [0.15, 0.2) is 6.20 Å². The quantitative estimate of drug-likeness (QED) is 0.639. The lowest BCUT2D eigenvalue weighted by molar-refractivity contribution is 0.0213. The second kappa shape index (κ2) is 4.49. The van der Waals surface area contributed by atoms with Crippen LogP contribution in [0.2, 0.25) is 0 Å². The Balaban J connectivity index is 2.12. The van der Waals surface area contributed by atoms with Crippen molar-refractivity contribution in [1.82, 2.24) is 15.2 Å². The number of aromatic amines is 1. The molecule has 0 saturated heterocycles. The lowest BCUT2D eigenvalue weighted by Gasteiger charge is -2.27. The third kappa shape index (κ3) is 2.92. The Kier molecular flexibility index (Phi) is 3.16. The van der Waals surface area contributed by atoms with Crippen LogP contribution >= 0.6 is 0 Å². The minimum atomic E-state index is -0.660. The van der Waals surface area contributed by atoms with Crippen LogP contribution < -0.4 is 5.43 Å². The first-order valence-corrected chi connectivity index (χ1v) is 5.82. The Bertz CT molecular complexity index is 438. The molecule has 0 saturated carbocycles. The number of nitrogens with zero attached hydrogens (tertiary/aromatic N) is 2. The number of amides is 1. The molecule has 2 rings (SSSR count). The third-order valence-electron chi connectivity index (χ3n) is 2.42. The number of hydrogen-bond donors (Lipinski definition) is 3. The number of ether oxygens (including phenoxy) is 1. The molecule has 2 heterocycles. The van der Waals surface area contributed by atoms with Gasteiger partial charge in [-0.3, -0.25) is 10.5 Å². The normalized spacial score (nSPS) is 19.8. The second-order valence-corrected chi connectivity index (χ2v) is 5.32. The first-order chi connectivity index (χ1) is 8.35. The topological polar surface area (TPSA) is 90.5 Å². The molecule has 1 aliphatic heterocycles. The molecule has 0 aliphatic carbocycles. The Labute approximate surface area is 105 Å². The summed E-state index contributed by atoms with van der Waals surface area (Å²) in [6.07, 6.45) is 0.814. The van der Waals surface area contributed by atoms with Gasteiger partial charge in [0.2, 0.25) is 0 Å². The molecular weight excluding hydrogens is 236 g/mol. The predicted octanol–water partition coefficient (Wildman–Crippen LogP) is 0.891. The number of H-pyrrole nitrogens is 1. The van der Waals surface area contributed by atoms with Crippen molar-refractivity contribution in [2.24, 2.45) is 0 Å². The number of hydrogen-bond acceptors (Lipinski definition) is 5. The molecule has 7 nitrogen and oxygen atoms in total. The largest absolute Gasteiger partial charge is 0.442 e. The van der Waals surface area contributed by atoms with Crippen LogP contribution in [0, 0.1) is 0 Å². The van der Waals surface area contributed by atoms with Gasteiger partial charge in [-0.15, -0.1) is 0 Å². The summed E-state index contributed by atoms with van der Waals surface area (Å²) in [6, 6.07) is 0. The van der Waals surface area contributed by atoms with Crippen molar-refractivity contribution in [2.75, 3.05) is 12.0 Å². The van der Waals surface area contributed by atoms with Gasteiger partial charge in [-0.25, -0.2) is 9.80 Å². The summed E-state index contributed by atoms with van der Waals surface area (Å²) in [7, 11) is 0. The highest BCUT2D eigenvalue weighted by atomic mass is 16.6. The van der Waals surface area contributed by atoms with Crippen LogP contribution in [0.3, 0.4) is 0 Å². The summed E-state index contributed by atoms with van der Waals surface area (Å²) >= 11 is 0. The van der Waals surface area contributed by atoms with Crippen molar-refractivity contribution in [2.45, 2.75) is 38.9 Å². The summed E-state index contributed by atoms with van der Waals surface area (Å²) in [4.78, 5) is 11.9. The first kappa shape index (κ1) is 12.7. The maximum atomic E-state index is 11.9. The van der Waals surface area contributed by atoms with E-state index >= 15 is 0 Å². The van der Waals surface area contributed by atoms with Gasteiger partial charge in [0.15, 0.2) is 0 Å². The van der Waals surface area contributed by atoms with Crippen LogP contribution in [0.1, 0.15) is 26.5 Å². The SMILES string of the molecule is CC(C)(C)OC(=O)N1CC(O)Cc2[nH]ncc2N1. The van der Waals surface area contributed by atoms with E-state index in [9.17, 15) is 9.90 Å². The summed E-state index contributed by atoms with van der Waals surface area (Å²) < 4.78 is 5.26. The highest BCUT2D eigenvalue weighted by Crippen LogP contribution is 2.20. The van der Waals surface area contributed by atoms with Crippen molar-refractivity contribution >= 4 is 11.8 Å². The van der Waals surface area contributed by atoms with Crippen LogP contribution in [0.4, 0.5) is 10.5 Å². The number of aromatic nitrogens is 2. The van der Waals surface area contributed by atoms with E-state index < -0.39 is 17.8 Å². The van der Waals surface area contributed by atoms with Gasteiger partial charge in [0.05, 0.1) is 30.2 Å². The number of carbonyl (C=O) groups excluding carboxylic acids is 1. The lowest BCUT2D eigenvalue weighted by atomic mass is 10.2. The molecule has 7 heteroatoms. The summed E-state index contributed by atoms with van der Waals surface area (Å²) in [5, 5.41) is 17.8. The molecule has 100 valence electrons. The Hall–Kier alpha value is -1.76. The number of anilines is 1. The highest BCUT2D eigenvalue weighted by Gasteiger charge is 2.28. The molecule has 1 amide bonds. The monoisotopic (exact) mass is 254 g/mol. The smallest absolute Gasteiger partial charge is 0.429 e. The zero-order valence-electron chi connectivity index (χ0n) is 10.7. The van der Waals surface area contributed by atoms with E-state index in [2.05, 4.69) is 15.6 Å². The van der Waals surface area contributed by atoms with Crippen LogP contribution in [-0.2, 0) is 11.2 Å². The Morgan fingerprint density at radius 2 is 2.33 bits per heavy atom. The molecule has 1 aliphatic rings. The fourth-order valence-corrected chi connectivity index (χ4v) is 1.70. The molecule has 0 fully saturated rings. The van der Waals surface area contributed by atoms with Gasteiger partial charge in [0.25, 0.3) is 0 Å². The molecule has 1 unspecified atom stereocenters. The van der Waals surface area contributed by atoms with E-state index in [1.165, 1.54) is 5.01 Å². The third-order valence-corrected chi connectivity index (χ3v) is 2.42. The number of aliphatic hydroxyl groups is 1. The van der Waals surface area contributed by atoms with Crippen molar-refractivity contribution in [3.8, 4) is 0 Å². The molecule has 3 N–H and O–H groups in total. The zero-order chi connectivity index (χ0) is 13.3. The van der Waals surface area contributed by atoms with Gasteiger partial charge in [-0.2, -0.15) is 5.10 Å². The molecule has 0 bridgehead atoms. The minimum absolute atomic E-state index is 0.164. The Morgan fingerprint density at radius 1 is 1.61 bits per heavy atom. The van der Waals surface area contributed by atoms with Gasteiger partial charge in [-0.05, 0) is 20.8 Å². The maximum Gasteiger partial charge on any atom is 0.429 e. The molecular formula is C11H18N4O3. The average Bonchev–Trinajstić information content (AvgIpc) is 2.55. The minimum Gasteiger partial charge on any atom is -0.442 e. The van der Waals surface area contributed by atoms with E-state index in [4.69, 9.17) is 4.74 Å². The van der Waals surface area contributed by atoms with Crippen molar-refractivity contribution in [1.29, 1.82) is 0 Å². The van der Waals surface area contributed by atoms with E-state index in [0.29, 0.717) is 12.1 Å². The van der Waals surface area contributed by atoms with Gasteiger partial charge in [0, 0.05) is 6.42 Å². The number of hydrazine groups is 1.